The summed E-state index contributed by atoms with van der Waals surface area (Å²) in [6.45, 7) is 2.05. The Hall–Kier alpha value is -2.07. The minimum atomic E-state index is -0.721. The van der Waals surface area contributed by atoms with E-state index in [1.165, 1.54) is 16.2 Å². The molecule has 0 aliphatic rings. The molecule has 2 amide bonds. The van der Waals surface area contributed by atoms with Gasteiger partial charge in [0.1, 0.15) is 0 Å². The molecule has 126 valence electrons. The monoisotopic (exact) mass is 363 g/mol. The molecule has 0 aliphatic heterocycles. The van der Waals surface area contributed by atoms with Crippen molar-refractivity contribution in [1.82, 2.24) is 9.88 Å². The van der Waals surface area contributed by atoms with E-state index < -0.39 is 5.41 Å². The number of benzene rings is 1. The Kier molecular flexibility index (Phi) is 5.84. The second-order valence-electron chi connectivity index (χ2n) is 5.39. The Bertz CT molecular complexity index is 754. The van der Waals surface area contributed by atoms with E-state index in [0.717, 1.165) is 5.56 Å². The maximum atomic E-state index is 12.0. The van der Waals surface area contributed by atoms with Gasteiger partial charge in [-0.15, -0.1) is 17.8 Å². The zero-order valence-electron chi connectivity index (χ0n) is 13.4. The smallest absolute Gasteiger partial charge is 0.323 e. The number of aliphatic hydroxyl groups is 1. The number of thiazole rings is 1. The molecule has 2 aromatic rings. The highest BCUT2D eigenvalue weighted by Gasteiger charge is 2.29. The van der Waals surface area contributed by atoms with Crippen molar-refractivity contribution in [2.24, 2.45) is 0 Å². The van der Waals surface area contributed by atoms with Crippen molar-refractivity contribution >= 4 is 34.1 Å². The van der Waals surface area contributed by atoms with E-state index in [1.807, 2.05) is 24.4 Å². The number of carbonyl (C=O) groups is 1. The predicted molar refractivity (Wildman–Crippen MR) is 97.6 cm³/mol. The highest BCUT2D eigenvalue weighted by atomic mass is 35.5. The van der Waals surface area contributed by atoms with E-state index in [9.17, 15) is 4.79 Å². The lowest BCUT2D eigenvalue weighted by Crippen LogP contribution is -2.33. The van der Waals surface area contributed by atoms with Crippen LogP contribution < -0.4 is 5.32 Å². The molecule has 1 atom stereocenters. The van der Waals surface area contributed by atoms with Crippen LogP contribution >= 0.6 is 22.9 Å². The fourth-order valence-corrected chi connectivity index (χ4v) is 3.02. The van der Waals surface area contributed by atoms with Crippen LogP contribution in [0.4, 0.5) is 9.93 Å². The van der Waals surface area contributed by atoms with Crippen molar-refractivity contribution in [2.45, 2.75) is 12.3 Å². The molecule has 1 aromatic heterocycles. The first-order valence-electron chi connectivity index (χ1n) is 7.23. The molecule has 24 heavy (non-hydrogen) atoms. The maximum absolute atomic E-state index is 12.0. The molecule has 0 bridgehead atoms. The van der Waals surface area contributed by atoms with Gasteiger partial charge < -0.3 is 10.0 Å². The average Bonchev–Trinajstić information content (AvgIpc) is 3.04. The number of carbonyl (C=O) groups excluding carboxylic acids is 1. The molecular formula is C17H18ClN3O2S. The first-order chi connectivity index (χ1) is 11.4. The average molecular weight is 364 g/mol. The number of hydrogen-bond donors (Lipinski definition) is 2. The van der Waals surface area contributed by atoms with Crippen molar-refractivity contribution in [1.29, 1.82) is 0 Å². The minimum absolute atomic E-state index is 0.0984. The van der Waals surface area contributed by atoms with E-state index in [2.05, 4.69) is 16.2 Å². The molecule has 1 unspecified atom stereocenters. The highest BCUT2D eigenvalue weighted by molar-refractivity contribution is 7.14. The highest BCUT2D eigenvalue weighted by Crippen LogP contribution is 2.34. The van der Waals surface area contributed by atoms with Crippen LogP contribution in [0.1, 0.15) is 18.2 Å². The number of halogens is 1. The van der Waals surface area contributed by atoms with Gasteiger partial charge in [0.05, 0.1) is 17.7 Å². The van der Waals surface area contributed by atoms with Gasteiger partial charge in [0.25, 0.3) is 0 Å². The van der Waals surface area contributed by atoms with Crippen molar-refractivity contribution < 1.29 is 9.90 Å². The summed E-state index contributed by atoms with van der Waals surface area (Å²) in [5.41, 5.74) is 0.855. The Morgan fingerprint density at radius 3 is 2.75 bits per heavy atom. The second-order valence-corrected chi connectivity index (χ2v) is 6.68. The number of hydrogen-bond acceptors (Lipinski definition) is 4. The molecule has 1 heterocycles. The lowest BCUT2D eigenvalue weighted by Gasteiger charge is -2.22. The fraction of sp³-hybridized carbons (Fsp3) is 0.294. The quantitative estimate of drug-likeness (QED) is 0.802. The predicted octanol–water partition coefficient (Wildman–Crippen LogP) is 3.19. The SMILES string of the molecule is C#CC(C)(c1ccc(Cl)cc1)c1csc(NC(=O)N(C)CCO)n1. The van der Waals surface area contributed by atoms with Gasteiger partial charge in [0.2, 0.25) is 0 Å². The molecule has 5 nitrogen and oxygen atoms in total. The Balaban J connectivity index is 2.23. The molecular weight excluding hydrogens is 346 g/mol. The topological polar surface area (TPSA) is 65.5 Å². The number of terminal acetylenes is 1. The molecule has 1 aromatic carbocycles. The Labute approximate surface area is 150 Å². The first kappa shape index (κ1) is 18.3. The molecule has 0 fully saturated rings. The van der Waals surface area contributed by atoms with E-state index in [4.69, 9.17) is 23.1 Å². The van der Waals surface area contributed by atoms with Gasteiger partial charge in [-0.25, -0.2) is 9.78 Å². The largest absolute Gasteiger partial charge is 0.395 e. The first-order valence-corrected chi connectivity index (χ1v) is 8.49. The number of likely N-dealkylation sites (N-methyl/N-ethyl adjacent to an activating group) is 1. The van der Waals surface area contributed by atoms with Crippen LogP contribution in [0.2, 0.25) is 5.02 Å². The molecule has 7 heteroatoms. The summed E-state index contributed by atoms with van der Waals surface area (Å²) in [5, 5.41) is 14.5. The van der Waals surface area contributed by atoms with Crippen LogP contribution in [0.15, 0.2) is 29.6 Å². The number of nitrogens with one attached hydrogen (secondary N) is 1. The number of urea groups is 1. The number of nitrogens with zero attached hydrogens (tertiary/aromatic N) is 2. The van der Waals surface area contributed by atoms with Crippen molar-refractivity contribution in [3.8, 4) is 12.3 Å². The fourth-order valence-electron chi connectivity index (χ4n) is 2.09. The van der Waals surface area contributed by atoms with Crippen LogP contribution in [0.5, 0.6) is 0 Å². The van der Waals surface area contributed by atoms with Crippen molar-refractivity contribution in [2.75, 3.05) is 25.5 Å². The third-order valence-electron chi connectivity index (χ3n) is 3.72. The Morgan fingerprint density at radius 1 is 1.50 bits per heavy atom. The summed E-state index contributed by atoms with van der Waals surface area (Å²) in [5.74, 6) is 2.79. The van der Waals surface area contributed by atoms with Crippen molar-refractivity contribution in [3.05, 3.63) is 45.9 Å². The van der Waals surface area contributed by atoms with Gasteiger partial charge in [-0.05, 0) is 24.6 Å². The zero-order valence-corrected chi connectivity index (χ0v) is 15.0. The van der Waals surface area contributed by atoms with Crippen LogP contribution in [-0.4, -0.2) is 41.2 Å². The maximum Gasteiger partial charge on any atom is 0.323 e. The van der Waals surface area contributed by atoms with Crippen LogP contribution in [-0.2, 0) is 5.41 Å². The van der Waals surface area contributed by atoms with Gasteiger partial charge in [-0.2, -0.15) is 0 Å². The third kappa shape index (κ3) is 3.88. The van der Waals surface area contributed by atoms with Crippen LogP contribution in [0.25, 0.3) is 0 Å². The van der Waals surface area contributed by atoms with Gasteiger partial charge in [0, 0.05) is 24.0 Å². The summed E-state index contributed by atoms with van der Waals surface area (Å²) in [6, 6.07) is 6.97. The molecule has 2 rings (SSSR count). The van der Waals surface area contributed by atoms with E-state index in [-0.39, 0.29) is 19.2 Å². The summed E-state index contributed by atoms with van der Waals surface area (Å²) in [7, 11) is 1.60. The number of rotatable bonds is 5. The number of aromatic nitrogens is 1. The van der Waals surface area contributed by atoms with Crippen LogP contribution in [0, 0.1) is 12.3 Å². The lowest BCUT2D eigenvalue weighted by molar-refractivity contribution is 0.202. The molecule has 0 saturated heterocycles. The standard InChI is InChI=1S/C17H18ClN3O2S/c1-4-17(2,12-5-7-13(18)8-6-12)14-11-24-15(19-14)20-16(23)21(3)9-10-22/h1,5-8,11,22H,9-10H2,2-3H3,(H,19,20,23). The van der Waals surface area contributed by atoms with E-state index >= 15 is 0 Å². The van der Waals surface area contributed by atoms with E-state index in [1.54, 1.807) is 19.2 Å². The number of aliphatic hydroxyl groups excluding tert-OH is 1. The van der Waals surface area contributed by atoms with E-state index in [0.29, 0.717) is 15.8 Å². The second kappa shape index (κ2) is 7.67. The molecule has 2 N–H and O–H groups in total. The van der Waals surface area contributed by atoms with Gasteiger partial charge >= 0.3 is 6.03 Å². The minimum Gasteiger partial charge on any atom is -0.395 e. The molecule has 0 radical (unpaired) electrons. The third-order valence-corrected chi connectivity index (χ3v) is 4.73. The van der Waals surface area contributed by atoms with Crippen molar-refractivity contribution in [3.63, 3.8) is 0 Å². The summed E-state index contributed by atoms with van der Waals surface area (Å²) >= 11 is 7.23. The van der Waals surface area contributed by atoms with Gasteiger partial charge in [-0.1, -0.05) is 29.7 Å². The molecule has 0 spiro atoms. The summed E-state index contributed by atoms with van der Waals surface area (Å²) in [4.78, 5) is 17.8. The molecule has 0 saturated carbocycles. The van der Waals surface area contributed by atoms with Gasteiger partial charge in [0.15, 0.2) is 5.13 Å². The molecule has 0 aliphatic carbocycles. The normalized spacial score (nSPS) is 13.0. The zero-order chi connectivity index (χ0) is 17.7. The number of amides is 2. The Morgan fingerprint density at radius 2 is 2.17 bits per heavy atom. The number of anilines is 1. The van der Waals surface area contributed by atoms with Crippen LogP contribution in [0.3, 0.4) is 0 Å². The summed E-state index contributed by atoms with van der Waals surface area (Å²) in [6.07, 6.45) is 5.77. The summed E-state index contributed by atoms with van der Waals surface area (Å²) < 4.78 is 0. The van der Waals surface area contributed by atoms with Gasteiger partial charge in [-0.3, -0.25) is 5.32 Å². The lowest BCUT2D eigenvalue weighted by atomic mass is 9.81.